The van der Waals surface area contributed by atoms with E-state index in [2.05, 4.69) is 19.7 Å². The standard InChI is InChI=1S/C20H19N5O2/c1-14-22-17-12-15(20(26)24(2)11-10-19-21-13-27-23-19)8-9-18(17)25(14)16-6-4-3-5-7-16/h3-9,12-13H,10-11H2,1-2H3. The van der Waals surface area contributed by atoms with Crippen LogP contribution in [-0.2, 0) is 6.42 Å². The van der Waals surface area contributed by atoms with Crippen LogP contribution in [0.15, 0.2) is 59.4 Å². The maximum Gasteiger partial charge on any atom is 0.253 e. The molecule has 0 saturated carbocycles. The van der Waals surface area contributed by atoms with Gasteiger partial charge in [-0.15, -0.1) is 0 Å². The van der Waals surface area contributed by atoms with E-state index in [0.29, 0.717) is 24.4 Å². The van der Waals surface area contributed by atoms with Gasteiger partial charge in [-0.05, 0) is 37.3 Å². The lowest BCUT2D eigenvalue weighted by Gasteiger charge is -2.16. The van der Waals surface area contributed by atoms with Crippen molar-refractivity contribution in [1.29, 1.82) is 0 Å². The molecule has 1 amide bonds. The third kappa shape index (κ3) is 3.31. The summed E-state index contributed by atoms with van der Waals surface area (Å²) in [6.07, 6.45) is 1.83. The molecule has 0 aliphatic heterocycles. The first-order valence-electron chi connectivity index (χ1n) is 8.69. The van der Waals surface area contributed by atoms with Crippen molar-refractivity contribution in [3.05, 3.63) is 72.1 Å². The van der Waals surface area contributed by atoms with Crippen LogP contribution in [0.4, 0.5) is 0 Å². The van der Waals surface area contributed by atoms with Crippen LogP contribution in [0.5, 0.6) is 0 Å². The van der Waals surface area contributed by atoms with E-state index < -0.39 is 0 Å². The van der Waals surface area contributed by atoms with Crippen molar-refractivity contribution in [3.63, 3.8) is 0 Å². The molecule has 27 heavy (non-hydrogen) atoms. The molecule has 0 fully saturated rings. The Kier molecular flexibility index (Phi) is 4.42. The Bertz CT molecular complexity index is 1070. The van der Waals surface area contributed by atoms with Gasteiger partial charge < -0.3 is 9.42 Å². The first kappa shape index (κ1) is 17.0. The van der Waals surface area contributed by atoms with Crippen molar-refractivity contribution in [2.24, 2.45) is 0 Å². The second-order valence-corrected chi connectivity index (χ2v) is 6.36. The Morgan fingerprint density at radius 1 is 1.19 bits per heavy atom. The van der Waals surface area contributed by atoms with Crippen LogP contribution in [0.25, 0.3) is 16.7 Å². The summed E-state index contributed by atoms with van der Waals surface area (Å²) in [5.41, 5.74) is 3.43. The van der Waals surface area contributed by atoms with E-state index in [1.165, 1.54) is 6.39 Å². The van der Waals surface area contributed by atoms with E-state index in [4.69, 9.17) is 4.52 Å². The third-order valence-electron chi connectivity index (χ3n) is 4.51. The average molecular weight is 361 g/mol. The molecule has 136 valence electrons. The highest BCUT2D eigenvalue weighted by Gasteiger charge is 2.16. The SMILES string of the molecule is Cc1nc2cc(C(=O)N(C)CCc3ncon3)ccc2n1-c1ccccc1. The number of amides is 1. The molecule has 0 spiro atoms. The molecule has 0 unspecified atom stereocenters. The van der Waals surface area contributed by atoms with E-state index in [1.54, 1.807) is 11.9 Å². The highest BCUT2D eigenvalue weighted by Crippen LogP contribution is 2.22. The van der Waals surface area contributed by atoms with Crippen molar-refractivity contribution < 1.29 is 9.32 Å². The molecule has 7 nitrogen and oxygen atoms in total. The van der Waals surface area contributed by atoms with Crippen LogP contribution in [0.1, 0.15) is 22.0 Å². The third-order valence-corrected chi connectivity index (χ3v) is 4.51. The van der Waals surface area contributed by atoms with Gasteiger partial charge in [-0.3, -0.25) is 9.36 Å². The fourth-order valence-electron chi connectivity index (χ4n) is 3.13. The lowest BCUT2D eigenvalue weighted by Crippen LogP contribution is -2.29. The monoisotopic (exact) mass is 361 g/mol. The summed E-state index contributed by atoms with van der Waals surface area (Å²) in [4.78, 5) is 23.0. The Labute approximate surface area is 156 Å². The predicted molar refractivity (Wildman–Crippen MR) is 101 cm³/mol. The Morgan fingerprint density at radius 2 is 2.00 bits per heavy atom. The molecule has 4 aromatic rings. The van der Waals surface area contributed by atoms with E-state index in [1.807, 2.05) is 55.5 Å². The molecular formula is C20H19N5O2. The van der Waals surface area contributed by atoms with E-state index >= 15 is 0 Å². The highest BCUT2D eigenvalue weighted by molar-refractivity contribution is 5.97. The molecule has 0 aliphatic carbocycles. The Morgan fingerprint density at radius 3 is 2.74 bits per heavy atom. The number of para-hydroxylation sites is 1. The largest absolute Gasteiger partial charge is 0.343 e. The molecule has 0 saturated heterocycles. The zero-order chi connectivity index (χ0) is 18.8. The molecule has 2 aromatic heterocycles. The first-order chi connectivity index (χ1) is 13.1. The lowest BCUT2D eigenvalue weighted by atomic mass is 10.1. The highest BCUT2D eigenvalue weighted by atomic mass is 16.5. The number of imidazole rings is 1. The summed E-state index contributed by atoms with van der Waals surface area (Å²) in [5, 5.41) is 3.77. The minimum absolute atomic E-state index is 0.0627. The average Bonchev–Trinajstić information content (AvgIpc) is 3.32. The number of carbonyl (C=O) groups excluding carboxylic acids is 1. The summed E-state index contributed by atoms with van der Waals surface area (Å²) in [5.74, 6) is 1.40. The molecule has 0 atom stereocenters. The predicted octanol–water partition coefficient (Wildman–Crippen LogP) is 3.03. The van der Waals surface area contributed by atoms with Gasteiger partial charge in [0, 0.05) is 31.3 Å². The van der Waals surface area contributed by atoms with Gasteiger partial charge >= 0.3 is 0 Å². The minimum Gasteiger partial charge on any atom is -0.343 e. The molecular weight excluding hydrogens is 342 g/mol. The van der Waals surface area contributed by atoms with Gasteiger partial charge in [0.2, 0.25) is 6.39 Å². The zero-order valence-corrected chi connectivity index (χ0v) is 15.2. The molecule has 7 heteroatoms. The summed E-state index contributed by atoms with van der Waals surface area (Å²) in [6.45, 7) is 2.47. The summed E-state index contributed by atoms with van der Waals surface area (Å²) in [7, 11) is 1.76. The second-order valence-electron chi connectivity index (χ2n) is 6.36. The molecule has 0 N–H and O–H groups in total. The number of rotatable bonds is 5. The van der Waals surface area contributed by atoms with Gasteiger partial charge in [0.25, 0.3) is 5.91 Å². The minimum atomic E-state index is -0.0627. The summed E-state index contributed by atoms with van der Waals surface area (Å²) < 4.78 is 6.80. The fourth-order valence-corrected chi connectivity index (χ4v) is 3.13. The number of carbonyl (C=O) groups is 1. The molecule has 0 radical (unpaired) electrons. The van der Waals surface area contributed by atoms with Crippen molar-refractivity contribution in [3.8, 4) is 5.69 Å². The molecule has 4 rings (SSSR count). The van der Waals surface area contributed by atoms with Crippen LogP contribution in [0.2, 0.25) is 0 Å². The van der Waals surface area contributed by atoms with Crippen molar-refractivity contribution in [2.75, 3.05) is 13.6 Å². The molecule has 0 bridgehead atoms. The molecule has 2 heterocycles. The zero-order valence-electron chi connectivity index (χ0n) is 15.2. The van der Waals surface area contributed by atoms with Gasteiger partial charge in [0.1, 0.15) is 5.82 Å². The number of likely N-dealkylation sites (N-methyl/N-ethyl adjacent to an activating group) is 1. The second kappa shape index (κ2) is 7.03. The maximum atomic E-state index is 12.7. The number of benzene rings is 2. The summed E-state index contributed by atoms with van der Waals surface area (Å²) >= 11 is 0. The molecule has 0 aliphatic rings. The van der Waals surface area contributed by atoms with Gasteiger partial charge in [0.05, 0.1) is 11.0 Å². The van der Waals surface area contributed by atoms with Gasteiger partial charge in [-0.2, -0.15) is 4.98 Å². The van der Waals surface area contributed by atoms with Crippen LogP contribution in [0.3, 0.4) is 0 Å². The van der Waals surface area contributed by atoms with Crippen LogP contribution in [0, 0.1) is 6.92 Å². The Balaban J connectivity index is 1.59. The molecule has 2 aromatic carbocycles. The van der Waals surface area contributed by atoms with Crippen molar-refractivity contribution >= 4 is 16.9 Å². The van der Waals surface area contributed by atoms with E-state index in [-0.39, 0.29) is 5.91 Å². The summed E-state index contributed by atoms with van der Waals surface area (Å²) in [6, 6.07) is 15.7. The number of nitrogens with zero attached hydrogens (tertiary/aromatic N) is 5. The number of hydrogen-bond donors (Lipinski definition) is 0. The van der Waals surface area contributed by atoms with Gasteiger partial charge in [-0.1, -0.05) is 23.4 Å². The van der Waals surface area contributed by atoms with Crippen LogP contribution < -0.4 is 0 Å². The first-order valence-corrected chi connectivity index (χ1v) is 8.69. The fraction of sp³-hybridized carbons (Fsp3) is 0.200. The van der Waals surface area contributed by atoms with E-state index in [0.717, 1.165) is 22.5 Å². The van der Waals surface area contributed by atoms with Gasteiger partial charge in [-0.25, -0.2) is 4.98 Å². The normalized spacial score (nSPS) is 11.0. The van der Waals surface area contributed by atoms with Crippen molar-refractivity contribution in [2.45, 2.75) is 13.3 Å². The number of aromatic nitrogens is 4. The number of hydrogen-bond acceptors (Lipinski definition) is 5. The smallest absolute Gasteiger partial charge is 0.253 e. The van der Waals surface area contributed by atoms with Crippen LogP contribution in [-0.4, -0.2) is 44.1 Å². The number of fused-ring (bicyclic) bond motifs is 1. The topological polar surface area (TPSA) is 77.1 Å². The van der Waals surface area contributed by atoms with Crippen LogP contribution >= 0.6 is 0 Å². The quantitative estimate of drug-likeness (QED) is 0.546. The van der Waals surface area contributed by atoms with Crippen molar-refractivity contribution in [1.82, 2.24) is 24.6 Å². The number of aryl methyl sites for hydroxylation is 1. The Hall–Kier alpha value is -3.48. The van der Waals surface area contributed by atoms with Gasteiger partial charge in [0.15, 0.2) is 5.82 Å². The van der Waals surface area contributed by atoms with E-state index in [9.17, 15) is 4.79 Å². The maximum absolute atomic E-state index is 12.7. The lowest BCUT2D eigenvalue weighted by molar-refractivity contribution is 0.0796.